The Balaban J connectivity index is 2.89. The first-order valence-electron chi connectivity index (χ1n) is 5.16. The number of halogens is 1. The molecule has 100 valence electrons. The lowest BCUT2D eigenvalue weighted by Crippen LogP contribution is -2.30. The van der Waals surface area contributed by atoms with Crippen LogP contribution >= 0.6 is 15.9 Å². The van der Waals surface area contributed by atoms with Gasteiger partial charge >= 0.3 is 5.97 Å². The van der Waals surface area contributed by atoms with Crippen LogP contribution in [-0.2, 0) is 10.2 Å². The van der Waals surface area contributed by atoms with Crippen LogP contribution in [0, 0.1) is 0 Å². The topological polar surface area (TPSA) is 95.5 Å². The monoisotopic (exact) mass is 336 g/mol. The largest absolute Gasteiger partial charge is 0.478 e. The van der Waals surface area contributed by atoms with Gasteiger partial charge in [-0.2, -0.15) is 13.1 Å². The Kier molecular flexibility index (Phi) is 5.12. The van der Waals surface area contributed by atoms with Gasteiger partial charge in [-0.3, -0.25) is 4.72 Å². The quantitative estimate of drug-likeness (QED) is 0.738. The van der Waals surface area contributed by atoms with Gasteiger partial charge in [0.25, 0.3) is 10.2 Å². The van der Waals surface area contributed by atoms with Crippen LogP contribution in [0.25, 0.3) is 0 Å². The van der Waals surface area contributed by atoms with E-state index in [2.05, 4.69) is 25.4 Å². The smallest absolute Gasteiger partial charge is 0.335 e. The minimum absolute atomic E-state index is 0.0753. The zero-order chi connectivity index (χ0) is 13.8. The highest BCUT2D eigenvalue weighted by atomic mass is 79.9. The minimum atomic E-state index is -3.63. The van der Waals surface area contributed by atoms with Crippen molar-refractivity contribution in [2.45, 2.75) is 13.3 Å². The van der Waals surface area contributed by atoms with Crippen LogP contribution in [0.3, 0.4) is 0 Å². The van der Waals surface area contributed by atoms with Gasteiger partial charge in [0.15, 0.2) is 0 Å². The summed E-state index contributed by atoms with van der Waals surface area (Å²) in [5, 5.41) is 8.78. The van der Waals surface area contributed by atoms with Gasteiger partial charge in [0.1, 0.15) is 0 Å². The van der Waals surface area contributed by atoms with Crippen LogP contribution in [0.2, 0.25) is 0 Å². The second-order valence-corrected chi connectivity index (χ2v) is 5.85. The van der Waals surface area contributed by atoms with Crippen LogP contribution in [-0.4, -0.2) is 26.0 Å². The van der Waals surface area contributed by atoms with Gasteiger partial charge in [0, 0.05) is 11.0 Å². The van der Waals surface area contributed by atoms with Crippen LogP contribution in [0.1, 0.15) is 23.7 Å². The molecule has 0 bridgehead atoms. The highest BCUT2D eigenvalue weighted by molar-refractivity contribution is 9.10. The van der Waals surface area contributed by atoms with Crippen LogP contribution in [0.4, 0.5) is 5.69 Å². The fraction of sp³-hybridized carbons (Fsp3) is 0.300. The first kappa shape index (κ1) is 14.9. The van der Waals surface area contributed by atoms with E-state index in [1.807, 2.05) is 6.92 Å². The molecule has 0 radical (unpaired) electrons. The molecular formula is C10H13BrN2O4S. The van der Waals surface area contributed by atoms with Gasteiger partial charge in [-0.1, -0.05) is 6.92 Å². The number of carboxylic acids is 1. The summed E-state index contributed by atoms with van der Waals surface area (Å²) in [6.07, 6.45) is 0.681. The van der Waals surface area contributed by atoms with Crippen molar-refractivity contribution in [1.29, 1.82) is 0 Å². The Hall–Kier alpha value is -1.12. The summed E-state index contributed by atoms with van der Waals surface area (Å²) < 4.78 is 28.2. The van der Waals surface area contributed by atoms with Gasteiger partial charge in [-0.15, -0.1) is 0 Å². The summed E-state index contributed by atoms with van der Waals surface area (Å²) in [6.45, 7) is 2.18. The number of benzene rings is 1. The van der Waals surface area contributed by atoms with Gasteiger partial charge in [-0.05, 0) is 40.5 Å². The van der Waals surface area contributed by atoms with E-state index in [0.717, 1.165) is 0 Å². The first-order valence-corrected chi connectivity index (χ1v) is 7.43. The van der Waals surface area contributed by atoms with Crippen molar-refractivity contribution in [2.24, 2.45) is 0 Å². The lowest BCUT2D eigenvalue weighted by Gasteiger charge is -2.10. The lowest BCUT2D eigenvalue weighted by atomic mass is 10.2. The van der Waals surface area contributed by atoms with Gasteiger partial charge < -0.3 is 5.11 Å². The number of carbonyl (C=O) groups is 1. The van der Waals surface area contributed by atoms with E-state index in [1.54, 1.807) is 0 Å². The van der Waals surface area contributed by atoms with Gasteiger partial charge in [-0.25, -0.2) is 4.79 Å². The molecule has 0 aliphatic rings. The van der Waals surface area contributed by atoms with Crippen molar-refractivity contribution >= 4 is 37.8 Å². The fourth-order valence-corrected chi connectivity index (χ4v) is 2.77. The van der Waals surface area contributed by atoms with E-state index in [-0.39, 0.29) is 11.3 Å². The van der Waals surface area contributed by atoms with Crippen molar-refractivity contribution in [3.8, 4) is 0 Å². The Bertz CT molecular complexity index is 545. The lowest BCUT2D eigenvalue weighted by molar-refractivity contribution is 0.0697. The molecule has 0 amide bonds. The van der Waals surface area contributed by atoms with E-state index in [1.165, 1.54) is 18.2 Å². The maximum Gasteiger partial charge on any atom is 0.335 e. The number of hydrogen-bond acceptors (Lipinski definition) is 3. The predicted molar refractivity (Wildman–Crippen MR) is 71.9 cm³/mol. The Labute approximate surface area is 114 Å². The average molecular weight is 337 g/mol. The van der Waals surface area contributed by atoms with Crippen molar-refractivity contribution < 1.29 is 18.3 Å². The molecule has 0 atom stereocenters. The molecule has 0 unspecified atom stereocenters. The molecule has 3 N–H and O–H groups in total. The molecule has 0 aliphatic heterocycles. The molecule has 0 fully saturated rings. The van der Waals surface area contributed by atoms with E-state index < -0.39 is 16.2 Å². The van der Waals surface area contributed by atoms with Crippen molar-refractivity contribution in [1.82, 2.24) is 4.72 Å². The predicted octanol–water partition coefficient (Wildman–Crippen LogP) is 1.80. The van der Waals surface area contributed by atoms with E-state index in [9.17, 15) is 13.2 Å². The molecule has 0 heterocycles. The van der Waals surface area contributed by atoms with Crippen LogP contribution in [0.15, 0.2) is 22.7 Å². The second kappa shape index (κ2) is 6.17. The van der Waals surface area contributed by atoms with E-state index in [4.69, 9.17) is 5.11 Å². The maximum absolute atomic E-state index is 11.6. The summed E-state index contributed by atoms with van der Waals surface area (Å²) in [6, 6.07) is 4.05. The van der Waals surface area contributed by atoms with Crippen LogP contribution < -0.4 is 9.44 Å². The molecule has 8 heteroatoms. The standard InChI is InChI=1S/C10H13BrN2O4S/c1-2-5-12-18(16,17)13-9-4-3-7(10(14)15)6-8(9)11/h3-4,6,12-13H,2,5H2,1H3,(H,14,15). The van der Waals surface area contributed by atoms with Crippen LogP contribution in [0.5, 0.6) is 0 Å². The van der Waals surface area contributed by atoms with E-state index >= 15 is 0 Å². The summed E-state index contributed by atoms with van der Waals surface area (Å²) in [5.74, 6) is -1.07. The number of nitrogens with one attached hydrogen (secondary N) is 2. The molecule has 18 heavy (non-hydrogen) atoms. The number of anilines is 1. The maximum atomic E-state index is 11.6. The fourth-order valence-electron chi connectivity index (χ4n) is 1.15. The van der Waals surface area contributed by atoms with Crippen molar-refractivity contribution in [2.75, 3.05) is 11.3 Å². The Morgan fingerprint density at radius 3 is 2.61 bits per heavy atom. The molecule has 1 rings (SSSR count). The molecular weight excluding hydrogens is 324 g/mol. The highest BCUT2D eigenvalue weighted by Crippen LogP contribution is 2.24. The first-order chi connectivity index (χ1) is 8.35. The van der Waals surface area contributed by atoms with Gasteiger partial charge in [0.2, 0.25) is 0 Å². The number of rotatable bonds is 6. The number of carboxylic acid groups (broad SMARTS) is 1. The molecule has 0 saturated heterocycles. The van der Waals surface area contributed by atoms with E-state index in [0.29, 0.717) is 17.4 Å². The molecule has 1 aromatic carbocycles. The molecule has 0 aliphatic carbocycles. The summed E-state index contributed by atoms with van der Waals surface area (Å²) in [5.41, 5.74) is 0.356. The Morgan fingerprint density at radius 1 is 1.44 bits per heavy atom. The molecule has 0 spiro atoms. The molecule has 1 aromatic rings. The summed E-state index contributed by atoms with van der Waals surface area (Å²) >= 11 is 3.12. The third kappa shape index (κ3) is 4.28. The minimum Gasteiger partial charge on any atom is -0.478 e. The van der Waals surface area contributed by atoms with Crippen molar-refractivity contribution in [3.63, 3.8) is 0 Å². The SMILES string of the molecule is CCCNS(=O)(=O)Nc1ccc(C(=O)O)cc1Br. The highest BCUT2D eigenvalue weighted by Gasteiger charge is 2.12. The zero-order valence-electron chi connectivity index (χ0n) is 9.60. The molecule has 0 saturated carbocycles. The number of hydrogen-bond donors (Lipinski definition) is 3. The molecule has 6 nitrogen and oxygen atoms in total. The Morgan fingerprint density at radius 2 is 2.11 bits per heavy atom. The average Bonchev–Trinajstić information content (AvgIpc) is 2.29. The second-order valence-electron chi connectivity index (χ2n) is 3.50. The third-order valence-corrected chi connectivity index (χ3v) is 3.73. The summed E-state index contributed by atoms with van der Waals surface area (Å²) in [4.78, 5) is 10.7. The number of aromatic carboxylic acids is 1. The summed E-state index contributed by atoms with van der Waals surface area (Å²) in [7, 11) is -3.63. The van der Waals surface area contributed by atoms with Crippen molar-refractivity contribution in [3.05, 3.63) is 28.2 Å². The van der Waals surface area contributed by atoms with Gasteiger partial charge in [0.05, 0.1) is 11.3 Å². The zero-order valence-corrected chi connectivity index (χ0v) is 12.0. The normalized spacial score (nSPS) is 11.2. The molecule has 0 aromatic heterocycles. The third-order valence-electron chi connectivity index (χ3n) is 2.00.